The summed E-state index contributed by atoms with van der Waals surface area (Å²) in [5.41, 5.74) is 3.46. The van der Waals surface area contributed by atoms with Crippen molar-refractivity contribution in [3.8, 4) is 0 Å². The first-order chi connectivity index (χ1) is 15.9. The molecule has 2 N–H and O–H groups in total. The Hall–Kier alpha value is -3.75. The zero-order valence-corrected chi connectivity index (χ0v) is 19.1. The summed E-state index contributed by atoms with van der Waals surface area (Å²) in [6, 6.07) is 23.4. The highest BCUT2D eigenvalue weighted by atomic mass is 32.2. The van der Waals surface area contributed by atoms with E-state index in [1.54, 1.807) is 18.2 Å². The van der Waals surface area contributed by atoms with Crippen LogP contribution in [0.15, 0.2) is 89.8 Å². The lowest BCUT2D eigenvalue weighted by Crippen LogP contribution is -2.29. The summed E-state index contributed by atoms with van der Waals surface area (Å²) in [4.78, 5) is 17.8. The van der Waals surface area contributed by atoms with Crippen LogP contribution in [0.4, 0.5) is 0 Å². The molecule has 1 amide bonds. The van der Waals surface area contributed by atoms with Crippen molar-refractivity contribution >= 4 is 33.0 Å². The van der Waals surface area contributed by atoms with Crippen LogP contribution in [-0.4, -0.2) is 30.9 Å². The molecule has 0 aliphatic rings. The summed E-state index contributed by atoms with van der Waals surface area (Å²) in [6.45, 7) is 0. The Kier molecular flexibility index (Phi) is 6.39. The highest BCUT2D eigenvalue weighted by molar-refractivity contribution is 7.89. The molecule has 1 unspecified atom stereocenters. The number of hydrogen-bond acceptors (Lipinski definition) is 4. The van der Waals surface area contributed by atoms with Gasteiger partial charge in [-0.05, 0) is 48.5 Å². The van der Waals surface area contributed by atoms with Crippen molar-refractivity contribution < 1.29 is 13.2 Å². The van der Waals surface area contributed by atoms with E-state index < -0.39 is 16.1 Å². The number of aromatic nitrogens is 2. The van der Waals surface area contributed by atoms with Gasteiger partial charge in [-0.25, -0.2) is 18.1 Å². The Morgan fingerprint density at radius 3 is 2.30 bits per heavy atom. The van der Waals surface area contributed by atoms with Crippen LogP contribution in [0.1, 0.15) is 23.0 Å². The molecule has 0 saturated carbocycles. The number of carbonyl (C=O) groups excluding carboxylic acids is 1. The highest BCUT2D eigenvalue weighted by Gasteiger charge is 2.21. The minimum atomic E-state index is -3.50. The number of benzene rings is 3. The van der Waals surface area contributed by atoms with Crippen LogP contribution in [0, 0.1) is 0 Å². The average molecular weight is 461 g/mol. The topological polar surface area (TPSA) is 93.1 Å². The van der Waals surface area contributed by atoms with E-state index in [2.05, 4.69) is 10.0 Å². The molecular formula is C25H24N4O3S. The van der Waals surface area contributed by atoms with Crippen molar-refractivity contribution in [2.45, 2.75) is 10.9 Å². The van der Waals surface area contributed by atoms with Gasteiger partial charge in [0.1, 0.15) is 11.9 Å². The second-order valence-electron chi connectivity index (χ2n) is 7.48. The van der Waals surface area contributed by atoms with E-state index >= 15 is 0 Å². The van der Waals surface area contributed by atoms with Gasteiger partial charge in [0.2, 0.25) is 15.9 Å². The number of nitrogens with zero attached hydrogens (tertiary/aromatic N) is 2. The number of fused-ring (bicyclic) bond motifs is 1. The fraction of sp³-hybridized carbons (Fsp3) is 0.120. The smallest absolute Gasteiger partial charge is 0.244 e. The number of carbonyl (C=O) groups is 1. The summed E-state index contributed by atoms with van der Waals surface area (Å²) in [5, 5.41) is 3.05. The quantitative estimate of drug-likeness (QED) is 0.414. The SMILES string of the molecule is CNS(=O)(=O)c1ccc(/C=C/C(=O)NC(c2ccccc2)c2nc3ccccc3n2C)cc1. The third-order valence-electron chi connectivity index (χ3n) is 5.39. The van der Waals surface area contributed by atoms with Crippen molar-refractivity contribution in [2.24, 2.45) is 7.05 Å². The first-order valence-corrected chi connectivity index (χ1v) is 11.9. The predicted octanol–water partition coefficient (Wildman–Crippen LogP) is 3.40. The zero-order valence-electron chi connectivity index (χ0n) is 18.3. The van der Waals surface area contributed by atoms with Crippen molar-refractivity contribution in [3.05, 3.63) is 102 Å². The molecule has 1 aromatic heterocycles. The van der Waals surface area contributed by atoms with Gasteiger partial charge in [-0.15, -0.1) is 0 Å². The van der Waals surface area contributed by atoms with Crippen LogP contribution >= 0.6 is 0 Å². The average Bonchev–Trinajstić information content (AvgIpc) is 3.18. The number of amides is 1. The number of aryl methyl sites for hydroxylation is 1. The van der Waals surface area contributed by atoms with Gasteiger partial charge < -0.3 is 9.88 Å². The van der Waals surface area contributed by atoms with E-state index in [9.17, 15) is 13.2 Å². The van der Waals surface area contributed by atoms with Crippen molar-refractivity contribution in [2.75, 3.05) is 7.05 Å². The lowest BCUT2D eigenvalue weighted by molar-refractivity contribution is -0.117. The number of nitrogens with one attached hydrogen (secondary N) is 2. The van der Waals surface area contributed by atoms with E-state index in [0.717, 1.165) is 22.4 Å². The minimum Gasteiger partial charge on any atom is -0.339 e. The molecule has 0 bridgehead atoms. The summed E-state index contributed by atoms with van der Waals surface area (Å²) in [7, 11) is -0.205. The van der Waals surface area contributed by atoms with Crippen LogP contribution in [0.2, 0.25) is 0 Å². The van der Waals surface area contributed by atoms with Crippen molar-refractivity contribution in [1.29, 1.82) is 0 Å². The normalized spacial score (nSPS) is 12.8. The molecule has 0 fully saturated rings. The molecule has 8 heteroatoms. The molecule has 4 rings (SSSR count). The minimum absolute atomic E-state index is 0.164. The predicted molar refractivity (Wildman–Crippen MR) is 129 cm³/mol. The lowest BCUT2D eigenvalue weighted by Gasteiger charge is -2.18. The maximum Gasteiger partial charge on any atom is 0.244 e. The molecule has 3 aromatic carbocycles. The van der Waals surface area contributed by atoms with Crippen LogP contribution in [0.3, 0.4) is 0 Å². The van der Waals surface area contributed by atoms with Gasteiger partial charge >= 0.3 is 0 Å². The third kappa shape index (κ3) is 4.87. The van der Waals surface area contributed by atoms with Gasteiger partial charge in [0.15, 0.2) is 0 Å². The standard InChI is InChI=1S/C25H24N4O3S/c1-26-33(31,32)20-15-12-18(13-16-20)14-17-23(30)28-24(19-8-4-3-5-9-19)25-27-21-10-6-7-11-22(21)29(25)2/h3-17,24,26H,1-2H3,(H,28,30)/b17-14+. The zero-order chi connectivity index (χ0) is 23.4. The third-order valence-corrected chi connectivity index (χ3v) is 6.82. The van der Waals surface area contributed by atoms with Crippen LogP contribution < -0.4 is 10.0 Å². The Bertz CT molecular complexity index is 1410. The summed E-state index contributed by atoms with van der Waals surface area (Å²) in [6.07, 6.45) is 3.07. The van der Waals surface area contributed by atoms with Gasteiger partial charge in [0, 0.05) is 13.1 Å². The van der Waals surface area contributed by atoms with Gasteiger partial charge in [0.05, 0.1) is 15.9 Å². The molecule has 168 valence electrons. The molecule has 1 atom stereocenters. The van der Waals surface area contributed by atoms with Crippen molar-refractivity contribution in [3.63, 3.8) is 0 Å². The van der Waals surface area contributed by atoms with Crippen LogP contribution in [-0.2, 0) is 21.9 Å². The molecule has 0 aliphatic carbocycles. The van der Waals surface area contributed by atoms with E-state index in [1.165, 1.54) is 25.3 Å². The second-order valence-corrected chi connectivity index (χ2v) is 9.37. The maximum absolute atomic E-state index is 12.8. The number of rotatable bonds is 7. The molecule has 1 heterocycles. The Balaban J connectivity index is 1.59. The largest absolute Gasteiger partial charge is 0.339 e. The number of para-hydroxylation sites is 2. The first-order valence-electron chi connectivity index (χ1n) is 10.4. The van der Waals surface area contributed by atoms with E-state index in [1.807, 2.05) is 66.2 Å². The van der Waals surface area contributed by atoms with Crippen LogP contribution in [0.5, 0.6) is 0 Å². The molecule has 33 heavy (non-hydrogen) atoms. The molecule has 4 aromatic rings. The van der Waals surface area contributed by atoms with Gasteiger partial charge in [0.25, 0.3) is 0 Å². The lowest BCUT2D eigenvalue weighted by atomic mass is 10.1. The molecular weight excluding hydrogens is 436 g/mol. The Labute approximate surface area is 192 Å². The second kappa shape index (κ2) is 9.40. The maximum atomic E-state index is 12.8. The fourth-order valence-electron chi connectivity index (χ4n) is 3.60. The summed E-state index contributed by atoms with van der Waals surface area (Å²) in [5.74, 6) is 0.439. The van der Waals surface area contributed by atoms with Gasteiger partial charge in [-0.3, -0.25) is 4.79 Å². The number of hydrogen-bond donors (Lipinski definition) is 2. The molecule has 0 spiro atoms. The monoisotopic (exact) mass is 460 g/mol. The number of sulfonamides is 1. The Morgan fingerprint density at radius 2 is 1.64 bits per heavy atom. The summed E-state index contributed by atoms with van der Waals surface area (Å²) >= 11 is 0. The van der Waals surface area contributed by atoms with Crippen molar-refractivity contribution in [1.82, 2.24) is 19.6 Å². The van der Waals surface area contributed by atoms with Gasteiger partial charge in [-0.1, -0.05) is 54.6 Å². The fourth-order valence-corrected chi connectivity index (χ4v) is 4.33. The summed E-state index contributed by atoms with van der Waals surface area (Å²) < 4.78 is 28.0. The van der Waals surface area contributed by atoms with E-state index in [4.69, 9.17) is 4.98 Å². The highest BCUT2D eigenvalue weighted by Crippen LogP contribution is 2.25. The molecule has 0 saturated heterocycles. The van der Waals surface area contributed by atoms with E-state index in [0.29, 0.717) is 5.56 Å². The molecule has 0 radical (unpaired) electrons. The first kappa shape index (κ1) is 22.4. The van der Waals surface area contributed by atoms with E-state index in [-0.39, 0.29) is 10.8 Å². The number of imidazole rings is 1. The molecule has 7 nitrogen and oxygen atoms in total. The van der Waals surface area contributed by atoms with Gasteiger partial charge in [-0.2, -0.15) is 0 Å². The van der Waals surface area contributed by atoms with Crippen LogP contribution in [0.25, 0.3) is 17.1 Å². The molecule has 0 aliphatic heterocycles. The Morgan fingerprint density at radius 1 is 0.970 bits per heavy atom.